The first kappa shape index (κ1) is 13.8. The van der Waals surface area contributed by atoms with E-state index in [4.69, 9.17) is 9.47 Å². The molecule has 0 aromatic carbocycles. The maximum absolute atomic E-state index is 5.69. The van der Waals surface area contributed by atoms with Gasteiger partial charge in [0, 0.05) is 34.4 Å². The first-order valence-electron chi connectivity index (χ1n) is 6.50. The summed E-state index contributed by atoms with van der Waals surface area (Å²) < 4.78 is 11.0. The maximum Gasteiger partial charge on any atom is 0.323 e. The van der Waals surface area contributed by atoms with Crippen molar-refractivity contribution in [3.8, 4) is 6.01 Å². The van der Waals surface area contributed by atoms with Crippen LogP contribution in [0.4, 0.5) is 11.9 Å². The molecule has 0 aliphatic carbocycles. The fraction of sp³-hybridized carbons (Fsp3) is 0.750. The Bertz CT molecular complexity index is 407. The van der Waals surface area contributed by atoms with Crippen molar-refractivity contribution in [1.29, 1.82) is 0 Å². The van der Waals surface area contributed by atoms with Crippen LogP contribution in [-0.2, 0) is 4.74 Å². The molecule has 1 aliphatic rings. The predicted octanol–water partition coefficient (Wildman–Crippen LogP) is 0.785. The minimum absolute atomic E-state index is 0.370. The lowest BCUT2D eigenvalue weighted by Gasteiger charge is -2.21. The highest BCUT2D eigenvalue weighted by molar-refractivity contribution is 5.36. The predicted molar refractivity (Wildman–Crippen MR) is 72.7 cm³/mol. The van der Waals surface area contributed by atoms with Crippen LogP contribution in [0.15, 0.2) is 0 Å². The molecular formula is C12H21N5O2. The molecule has 2 rings (SSSR count). The van der Waals surface area contributed by atoms with E-state index in [9.17, 15) is 0 Å². The second kappa shape index (κ2) is 6.51. The van der Waals surface area contributed by atoms with Crippen molar-refractivity contribution in [2.75, 3.05) is 51.2 Å². The van der Waals surface area contributed by atoms with E-state index in [1.807, 2.05) is 19.0 Å². The van der Waals surface area contributed by atoms with E-state index in [2.05, 4.69) is 20.3 Å². The van der Waals surface area contributed by atoms with Crippen LogP contribution in [0.5, 0.6) is 6.01 Å². The molecule has 1 aromatic heterocycles. The molecule has 1 saturated heterocycles. The van der Waals surface area contributed by atoms with Gasteiger partial charge in [0.1, 0.15) is 0 Å². The van der Waals surface area contributed by atoms with Crippen molar-refractivity contribution in [2.24, 2.45) is 5.92 Å². The normalized spacial score (nSPS) is 16.2. The van der Waals surface area contributed by atoms with Gasteiger partial charge in [-0.1, -0.05) is 0 Å². The molecule has 7 nitrogen and oxygen atoms in total. The molecule has 0 bridgehead atoms. The molecule has 1 aliphatic heterocycles. The fourth-order valence-electron chi connectivity index (χ4n) is 1.83. The minimum atomic E-state index is 0.370. The van der Waals surface area contributed by atoms with Crippen LogP contribution in [0, 0.1) is 5.92 Å². The van der Waals surface area contributed by atoms with E-state index >= 15 is 0 Å². The van der Waals surface area contributed by atoms with E-state index in [0.717, 1.165) is 26.1 Å². The summed E-state index contributed by atoms with van der Waals surface area (Å²) in [5.74, 6) is 1.62. The SMILES string of the molecule is CNc1nc(OCC2CCOCC2)nc(N(C)C)n1. The zero-order valence-corrected chi connectivity index (χ0v) is 11.7. The van der Waals surface area contributed by atoms with Gasteiger partial charge in [-0.3, -0.25) is 0 Å². The minimum Gasteiger partial charge on any atom is -0.463 e. The van der Waals surface area contributed by atoms with Gasteiger partial charge in [0.25, 0.3) is 0 Å². The van der Waals surface area contributed by atoms with Gasteiger partial charge in [0.2, 0.25) is 11.9 Å². The second-order valence-electron chi connectivity index (χ2n) is 4.75. The highest BCUT2D eigenvalue weighted by atomic mass is 16.5. The highest BCUT2D eigenvalue weighted by Crippen LogP contribution is 2.17. The van der Waals surface area contributed by atoms with E-state index in [0.29, 0.717) is 30.4 Å². The number of anilines is 2. The molecule has 7 heteroatoms. The van der Waals surface area contributed by atoms with Crippen molar-refractivity contribution in [2.45, 2.75) is 12.8 Å². The largest absolute Gasteiger partial charge is 0.463 e. The van der Waals surface area contributed by atoms with Crippen molar-refractivity contribution < 1.29 is 9.47 Å². The number of hydrogen-bond donors (Lipinski definition) is 1. The smallest absolute Gasteiger partial charge is 0.323 e. The quantitative estimate of drug-likeness (QED) is 0.845. The summed E-state index contributed by atoms with van der Waals surface area (Å²) in [7, 11) is 5.55. The van der Waals surface area contributed by atoms with E-state index < -0.39 is 0 Å². The Kier molecular flexibility index (Phi) is 4.73. The van der Waals surface area contributed by atoms with E-state index in [1.165, 1.54) is 0 Å². The van der Waals surface area contributed by atoms with E-state index in [1.54, 1.807) is 7.05 Å². The topological polar surface area (TPSA) is 72.4 Å². The summed E-state index contributed by atoms with van der Waals surface area (Å²) in [6.07, 6.45) is 2.06. The van der Waals surface area contributed by atoms with Crippen molar-refractivity contribution in [1.82, 2.24) is 15.0 Å². The molecule has 0 amide bonds. The summed E-state index contributed by atoms with van der Waals surface area (Å²) in [6, 6.07) is 0.370. The number of nitrogens with zero attached hydrogens (tertiary/aromatic N) is 4. The van der Waals surface area contributed by atoms with Gasteiger partial charge in [-0.05, 0) is 18.8 Å². The number of ether oxygens (including phenoxy) is 2. The Balaban J connectivity index is 2.00. The van der Waals surface area contributed by atoms with Crippen LogP contribution >= 0.6 is 0 Å². The van der Waals surface area contributed by atoms with Crippen molar-refractivity contribution >= 4 is 11.9 Å². The lowest BCUT2D eigenvalue weighted by atomic mass is 10.0. The van der Waals surface area contributed by atoms with Gasteiger partial charge in [-0.25, -0.2) is 0 Å². The van der Waals surface area contributed by atoms with E-state index in [-0.39, 0.29) is 0 Å². The average Bonchev–Trinajstić information content (AvgIpc) is 2.45. The third-order valence-corrected chi connectivity index (χ3v) is 3.02. The van der Waals surface area contributed by atoms with Crippen LogP contribution in [0.1, 0.15) is 12.8 Å². The summed E-state index contributed by atoms with van der Waals surface area (Å²) in [4.78, 5) is 14.5. The second-order valence-corrected chi connectivity index (χ2v) is 4.75. The third-order valence-electron chi connectivity index (χ3n) is 3.02. The molecule has 0 spiro atoms. The van der Waals surface area contributed by atoms with Gasteiger partial charge in [0.15, 0.2) is 0 Å². The molecule has 1 fully saturated rings. The lowest BCUT2D eigenvalue weighted by Crippen LogP contribution is -2.22. The maximum atomic E-state index is 5.69. The Morgan fingerprint density at radius 1 is 1.26 bits per heavy atom. The first-order chi connectivity index (χ1) is 9.19. The average molecular weight is 267 g/mol. The number of nitrogens with one attached hydrogen (secondary N) is 1. The monoisotopic (exact) mass is 267 g/mol. The first-order valence-corrected chi connectivity index (χ1v) is 6.50. The molecule has 0 unspecified atom stereocenters. The van der Waals surface area contributed by atoms with Gasteiger partial charge in [-0.2, -0.15) is 15.0 Å². The molecule has 0 radical (unpaired) electrons. The number of aromatic nitrogens is 3. The molecule has 1 N–H and O–H groups in total. The number of hydrogen-bond acceptors (Lipinski definition) is 7. The van der Waals surface area contributed by atoms with Crippen molar-refractivity contribution in [3.63, 3.8) is 0 Å². The highest BCUT2D eigenvalue weighted by Gasteiger charge is 2.16. The van der Waals surface area contributed by atoms with Crippen LogP contribution in [0.3, 0.4) is 0 Å². The third kappa shape index (κ3) is 3.92. The van der Waals surface area contributed by atoms with Crippen LogP contribution in [0.2, 0.25) is 0 Å². The Morgan fingerprint density at radius 2 is 2.00 bits per heavy atom. The molecule has 0 saturated carbocycles. The molecule has 106 valence electrons. The zero-order chi connectivity index (χ0) is 13.7. The molecular weight excluding hydrogens is 246 g/mol. The van der Waals surface area contributed by atoms with Crippen LogP contribution < -0.4 is 15.0 Å². The molecule has 2 heterocycles. The summed E-state index contributed by atoms with van der Waals surface area (Å²) in [6.45, 7) is 2.26. The lowest BCUT2D eigenvalue weighted by molar-refractivity contribution is 0.0482. The van der Waals surface area contributed by atoms with Crippen molar-refractivity contribution in [3.05, 3.63) is 0 Å². The molecule has 0 atom stereocenters. The molecule has 1 aromatic rings. The van der Waals surface area contributed by atoms with Gasteiger partial charge < -0.3 is 19.7 Å². The molecule has 19 heavy (non-hydrogen) atoms. The summed E-state index contributed by atoms with van der Waals surface area (Å²) >= 11 is 0. The van der Waals surface area contributed by atoms with Gasteiger partial charge in [0.05, 0.1) is 6.61 Å². The zero-order valence-electron chi connectivity index (χ0n) is 11.7. The Morgan fingerprint density at radius 3 is 2.63 bits per heavy atom. The van der Waals surface area contributed by atoms with Gasteiger partial charge >= 0.3 is 6.01 Å². The standard InChI is InChI=1S/C12H21N5O2/c1-13-10-14-11(17(2)3)16-12(15-10)19-8-9-4-6-18-7-5-9/h9H,4-8H2,1-3H3,(H,13,14,15,16). The van der Waals surface area contributed by atoms with Crippen LogP contribution in [-0.4, -0.2) is 55.9 Å². The van der Waals surface area contributed by atoms with Crippen LogP contribution in [0.25, 0.3) is 0 Å². The van der Waals surface area contributed by atoms with Gasteiger partial charge in [-0.15, -0.1) is 0 Å². The summed E-state index contributed by atoms with van der Waals surface area (Å²) in [5.41, 5.74) is 0. The Hall–Kier alpha value is -1.63. The number of rotatable bonds is 5. The fourth-order valence-corrected chi connectivity index (χ4v) is 1.83. The Labute approximate surface area is 113 Å². The summed E-state index contributed by atoms with van der Waals surface area (Å²) in [5, 5.41) is 2.91.